The average molecular weight is 331 g/mol. The van der Waals surface area contributed by atoms with E-state index < -0.39 is 11.1 Å². The molecule has 6 heteroatoms. The van der Waals surface area contributed by atoms with Crippen molar-refractivity contribution in [3.05, 3.63) is 23.8 Å². The van der Waals surface area contributed by atoms with E-state index in [-0.39, 0.29) is 25.2 Å². The normalized spacial score (nSPS) is 15.7. The molecule has 1 aliphatic rings. The summed E-state index contributed by atoms with van der Waals surface area (Å²) in [5.74, 6) is 1.26. The number of nitriles is 1. The predicted octanol–water partition coefficient (Wildman–Crippen LogP) is 2.29. The van der Waals surface area contributed by atoms with Gasteiger partial charge in [-0.3, -0.25) is 10.1 Å². The molecule has 0 bridgehead atoms. The highest BCUT2D eigenvalue weighted by Crippen LogP contribution is 2.35. The molecule has 24 heavy (non-hydrogen) atoms. The Balaban J connectivity index is 2.00. The standard InChI is InChI=1S/C18H25N3O3/c1-12(2)18(5,10-19)21-16(22)9-20-17(3,4)13-6-7-14-15(8-13)24-11-23-14/h6-8,12,20H,9,11H2,1-5H3,(H,21,22)/t18-/m0/s1. The molecule has 1 amide bonds. The quantitative estimate of drug-likeness (QED) is 0.835. The number of fused-ring (bicyclic) bond motifs is 1. The summed E-state index contributed by atoms with van der Waals surface area (Å²) in [6, 6.07) is 7.91. The zero-order chi connectivity index (χ0) is 18.0. The highest BCUT2D eigenvalue weighted by molar-refractivity contribution is 5.79. The molecule has 1 aromatic carbocycles. The van der Waals surface area contributed by atoms with Gasteiger partial charge in [-0.1, -0.05) is 19.9 Å². The predicted molar refractivity (Wildman–Crippen MR) is 90.6 cm³/mol. The number of carbonyl (C=O) groups excluding carboxylic acids is 1. The Bertz CT molecular complexity index is 664. The molecule has 2 rings (SSSR count). The first-order valence-electron chi connectivity index (χ1n) is 8.05. The zero-order valence-electron chi connectivity index (χ0n) is 14.9. The number of ether oxygens (including phenoxy) is 2. The lowest BCUT2D eigenvalue weighted by Crippen LogP contribution is -2.53. The summed E-state index contributed by atoms with van der Waals surface area (Å²) >= 11 is 0. The molecule has 6 nitrogen and oxygen atoms in total. The first kappa shape index (κ1) is 18.1. The highest BCUT2D eigenvalue weighted by atomic mass is 16.7. The van der Waals surface area contributed by atoms with Crippen LogP contribution in [0.3, 0.4) is 0 Å². The number of carbonyl (C=O) groups is 1. The topological polar surface area (TPSA) is 83.4 Å². The summed E-state index contributed by atoms with van der Waals surface area (Å²) in [6.45, 7) is 9.88. The van der Waals surface area contributed by atoms with Gasteiger partial charge in [-0.2, -0.15) is 5.26 Å². The Morgan fingerprint density at radius 3 is 2.58 bits per heavy atom. The molecule has 0 radical (unpaired) electrons. The molecule has 1 heterocycles. The largest absolute Gasteiger partial charge is 0.454 e. The average Bonchev–Trinajstić information content (AvgIpc) is 3.00. The van der Waals surface area contributed by atoms with E-state index in [9.17, 15) is 10.1 Å². The maximum absolute atomic E-state index is 12.2. The van der Waals surface area contributed by atoms with Crippen LogP contribution < -0.4 is 20.1 Å². The minimum atomic E-state index is -0.873. The van der Waals surface area contributed by atoms with Gasteiger partial charge in [0, 0.05) is 5.54 Å². The first-order valence-corrected chi connectivity index (χ1v) is 8.05. The molecule has 130 valence electrons. The van der Waals surface area contributed by atoms with Crippen molar-refractivity contribution in [1.82, 2.24) is 10.6 Å². The molecule has 1 aliphatic heterocycles. The van der Waals surface area contributed by atoms with Crippen LogP contribution in [-0.4, -0.2) is 24.8 Å². The Morgan fingerprint density at radius 2 is 1.96 bits per heavy atom. The van der Waals surface area contributed by atoms with Crippen molar-refractivity contribution < 1.29 is 14.3 Å². The molecule has 1 aromatic rings. The monoisotopic (exact) mass is 331 g/mol. The maximum atomic E-state index is 12.2. The van der Waals surface area contributed by atoms with E-state index in [0.717, 1.165) is 11.3 Å². The lowest BCUT2D eigenvalue weighted by Gasteiger charge is -2.30. The number of hydrogen-bond acceptors (Lipinski definition) is 5. The third kappa shape index (κ3) is 3.80. The summed E-state index contributed by atoms with van der Waals surface area (Å²) in [6.07, 6.45) is 0. The number of rotatable bonds is 6. The van der Waals surface area contributed by atoms with Crippen LogP contribution in [0.25, 0.3) is 0 Å². The lowest BCUT2D eigenvalue weighted by molar-refractivity contribution is -0.122. The summed E-state index contributed by atoms with van der Waals surface area (Å²) in [5.41, 5.74) is -0.313. The van der Waals surface area contributed by atoms with Crippen LogP contribution in [0.4, 0.5) is 0 Å². The van der Waals surface area contributed by atoms with Gasteiger partial charge in [0.05, 0.1) is 12.6 Å². The SMILES string of the molecule is CC(C)[C@](C)(C#N)NC(=O)CNC(C)(C)c1ccc2c(c1)OCO2. The summed E-state index contributed by atoms with van der Waals surface area (Å²) < 4.78 is 10.7. The van der Waals surface area contributed by atoms with Crippen LogP contribution in [0.2, 0.25) is 0 Å². The van der Waals surface area contributed by atoms with E-state index in [2.05, 4.69) is 16.7 Å². The Morgan fingerprint density at radius 1 is 1.29 bits per heavy atom. The Kier molecular flexibility index (Phi) is 5.05. The van der Waals surface area contributed by atoms with Gasteiger partial charge in [-0.25, -0.2) is 0 Å². The number of hydrogen-bond donors (Lipinski definition) is 2. The van der Waals surface area contributed by atoms with Gasteiger partial charge in [0.25, 0.3) is 0 Å². The van der Waals surface area contributed by atoms with Crippen LogP contribution in [0.5, 0.6) is 11.5 Å². The molecular weight excluding hydrogens is 306 g/mol. The van der Waals surface area contributed by atoms with Crippen molar-refractivity contribution in [2.45, 2.75) is 45.7 Å². The molecule has 0 saturated heterocycles. The Hall–Kier alpha value is -2.26. The molecule has 0 aliphatic carbocycles. The van der Waals surface area contributed by atoms with Gasteiger partial charge >= 0.3 is 0 Å². The van der Waals surface area contributed by atoms with Crippen molar-refractivity contribution in [2.75, 3.05) is 13.3 Å². The molecule has 0 spiro atoms. The van der Waals surface area contributed by atoms with E-state index in [0.29, 0.717) is 5.75 Å². The fourth-order valence-electron chi connectivity index (χ4n) is 2.32. The van der Waals surface area contributed by atoms with Crippen molar-refractivity contribution >= 4 is 5.91 Å². The van der Waals surface area contributed by atoms with Crippen LogP contribution in [0.15, 0.2) is 18.2 Å². The van der Waals surface area contributed by atoms with Crippen molar-refractivity contribution in [3.63, 3.8) is 0 Å². The summed E-state index contributed by atoms with van der Waals surface area (Å²) in [5, 5.41) is 15.3. The van der Waals surface area contributed by atoms with Crippen molar-refractivity contribution in [3.8, 4) is 17.6 Å². The maximum Gasteiger partial charge on any atom is 0.235 e. The van der Waals surface area contributed by atoms with Gasteiger partial charge in [0.15, 0.2) is 11.5 Å². The number of benzene rings is 1. The van der Waals surface area contributed by atoms with E-state index in [1.54, 1.807) is 6.92 Å². The Labute approximate surface area is 143 Å². The first-order chi connectivity index (χ1) is 11.2. The van der Waals surface area contributed by atoms with E-state index in [1.807, 2.05) is 45.9 Å². The lowest BCUT2D eigenvalue weighted by atomic mass is 9.90. The van der Waals surface area contributed by atoms with Gasteiger partial charge in [0.2, 0.25) is 12.7 Å². The number of nitrogens with zero attached hydrogens (tertiary/aromatic N) is 1. The fourth-order valence-corrected chi connectivity index (χ4v) is 2.32. The molecule has 0 fully saturated rings. The molecule has 0 saturated carbocycles. The second-order valence-electron chi connectivity index (χ2n) is 7.06. The van der Waals surface area contributed by atoms with E-state index in [1.165, 1.54) is 0 Å². The third-order valence-electron chi connectivity index (χ3n) is 4.57. The molecule has 0 unspecified atom stereocenters. The summed E-state index contributed by atoms with van der Waals surface area (Å²) in [7, 11) is 0. The van der Waals surface area contributed by atoms with E-state index in [4.69, 9.17) is 9.47 Å². The van der Waals surface area contributed by atoms with Gasteiger partial charge in [-0.05, 0) is 44.4 Å². The molecule has 1 atom stereocenters. The molecular formula is C18H25N3O3. The van der Waals surface area contributed by atoms with Gasteiger partial charge < -0.3 is 14.8 Å². The third-order valence-corrected chi connectivity index (χ3v) is 4.57. The van der Waals surface area contributed by atoms with Crippen LogP contribution in [-0.2, 0) is 10.3 Å². The second kappa shape index (κ2) is 6.70. The van der Waals surface area contributed by atoms with Gasteiger partial charge in [0.1, 0.15) is 5.54 Å². The molecule has 2 N–H and O–H groups in total. The fraction of sp³-hybridized carbons (Fsp3) is 0.556. The summed E-state index contributed by atoms with van der Waals surface area (Å²) in [4.78, 5) is 12.2. The van der Waals surface area contributed by atoms with Crippen molar-refractivity contribution in [2.24, 2.45) is 5.92 Å². The van der Waals surface area contributed by atoms with E-state index >= 15 is 0 Å². The van der Waals surface area contributed by atoms with Crippen LogP contribution in [0, 0.1) is 17.2 Å². The van der Waals surface area contributed by atoms with Crippen LogP contribution >= 0.6 is 0 Å². The highest BCUT2D eigenvalue weighted by Gasteiger charge is 2.31. The second-order valence-corrected chi connectivity index (χ2v) is 7.06. The minimum absolute atomic E-state index is 0.0216. The van der Waals surface area contributed by atoms with Crippen LogP contribution in [0.1, 0.15) is 40.2 Å². The van der Waals surface area contributed by atoms with Gasteiger partial charge in [-0.15, -0.1) is 0 Å². The smallest absolute Gasteiger partial charge is 0.235 e. The zero-order valence-corrected chi connectivity index (χ0v) is 14.9. The minimum Gasteiger partial charge on any atom is -0.454 e. The molecule has 0 aromatic heterocycles. The van der Waals surface area contributed by atoms with Crippen molar-refractivity contribution in [1.29, 1.82) is 5.26 Å². The number of amides is 1. The number of nitrogens with one attached hydrogen (secondary N) is 2.